The van der Waals surface area contributed by atoms with Gasteiger partial charge in [-0.15, -0.1) is 0 Å². The Morgan fingerprint density at radius 3 is 0.874 bits per heavy atom. The molecule has 4 heterocycles. The molecule has 0 radical (unpaired) electrons. The first kappa shape index (κ1) is 98.5. The molecule has 4 aliphatic rings. The van der Waals surface area contributed by atoms with Gasteiger partial charge in [0.2, 0.25) is 0 Å². The summed E-state index contributed by atoms with van der Waals surface area (Å²) in [5, 5.41) is 15.3. The van der Waals surface area contributed by atoms with Crippen molar-refractivity contribution >= 4 is 92.4 Å². The van der Waals surface area contributed by atoms with Gasteiger partial charge in [-0.3, -0.25) is 0 Å². The lowest BCUT2D eigenvalue weighted by Crippen LogP contribution is -2.44. The molecule has 4 N–H and O–H groups in total. The Hall–Kier alpha value is -14.0. The van der Waals surface area contributed by atoms with Gasteiger partial charge < -0.3 is 117 Å². The average molecular weight is 1910 g/mol. The van der Waals surface area contributed by atoms with Crippen LogP contribution >= 0.6 is 48.3 Å². The van der Waals surface area contributed by atoms with E-state index in [0.717, 1.165) is 129 Å². The van der Waals surface area contributed by atoms with E-state index in [1.807, 2.05) is 176 Å². The van der Waals surface area contributed by atoms with Gasteiger partial charge >= 0.3 is 6.03 Å². The summed E-state index contributed by atoms with van der Waals surface area (Å²) < 4.78 is 104. The van der Waals surface area contributed by atoms with Crippen molar-refractivity contribution in [1.29, 1.82) is 0 Å². The highest BCUT2D eigenvalue weighted by molar-refractivity contribution is 7.80. The van der Waals surface area contributed by atoms with Gasteiger partial charge in [0.05, 0.1) is 109 Å². The first-order chi connectivity index (χ1) is 65.7. The van der Waals surface area contributed by atoms with Crippen LogP contribution in [0, 0.1) is 12.7 Å². The van der Waals surface area contributed by atoms with Crippen molar-refractivity contribution in [3.63, 3.8) is 0 Å². The molecule has 0 saturated heterocycles. The van der Waals surface area contributed by atoms with E-state index in [0.29, 0.717) is 111 Å². The zero-order valence-electron chi connectivity index (χ0n) is 77.7. The molecule has 135 heavy (non-hydrogen) atoms. The third-order valence-electron chi connectivity index (χ3n) is 23.4. The van der Waals surface area contributed by atoms with Crippen LogP contribution in [0.25, 0.3) is 0 Å². The summed E-state index contributed by atoms with van der Waals surface area (Å²) in [4.78, 5) is 21.5. The molecule has 12 aromatic carbocycles. The standard InChI is InChI=1S/C27H30N2O4S.C26H27ClN2O5.C26H27FN2O4S.C26H28N2O4S/c1-18-6-5-7-20(14-18)28-27(34)29-13-12-19-15-25(31-3)26(32-4)16-23(19)24(29)17-33-22-10-8-21(30-2)9-11-22;1-31-20-8-10-21(11-9-20)34-16-23-22-15-25(33-3)24(32-2)14-17(22)12-13-29(23)26(30)28-19-6-4-18(27)5-7-19;1-30-20-7-9-21(10-8-20)33-16-23-22-15-25(32-3)24(31-2)13-17(22)11-12-29(23)26(34)28-19-6-4-5-18(27)14-19;1-29-20-9-11-21(12-10-20)32-17-23-22-16-25(31-3)24(30-2)15-18(22)13-14-28(23)26(33)27-19-7-5-4-6-8-19/h5-11,14-16,24H,12-13,17H2,1-4H3,(H,28,34);4-11,14-15,23H,12-13,16H2,1-3H3,(H,28,30);4-10,13-15,23H,11-12,16H2,1-3H3,(H,28,34);4-12,15-16,23H,13-14,17H2,1-3H3,(H,27,33). The van der Waals surface area contributed by atoms with Gasteiger partial charge in [-0.1, -0.05) is 48.0 Å². The zero-order chi connectivity index (χ0) is 95.4. The predicted molar refractivity (Wildman–Crippen MR) is 538 cm³/mol. The van der Waals surface area contributed by atoms with E-state index in [2.05, 4.69) is 67.2 Å². The second kappa shape index (κ2) is 48.1. The minimum absolute atomic E-state index is 0.0978. The summed E-state index contributed by atoms with van der Waals surface area (Å²) in [5.74, 6) is 11.1. The number of ether oxygens (including phenoxy) is 16. The fourth-order valence-corrected chi connectivity index (χ4v) is 17.5. The molecule has 16 rings (SSSR count). The fourth-order valence-electron chi connectivity index (χ4n) is 16.3. The molecule has 706 valence electrons. The molecule has 4 atom stereocenters. The second-order valence-corrected chi connectivity index (χ2v) is 33.0. The van der Waals surface area contributed by atoms with Crippen molar-refractivity contribution in [2.45, 2.75) is 56.8 Å². The number of halogens is 2. The van der Waals surface area contributed by atoms with E-state index in [9.17, 15) is 9.18 Å². The van der Waals surface area contributed by atoms with Crippen molar-refractivity contribution in [3.8, 4) is 92.0 Å². The van der Waals surface area contributed by atoms with Crippen LogP contribution in [0.3, 0.4) is 0 Å². The Morgan fingerprint density at radius 1 is 0.304 bits per heavy atom. The number of para-hydroxylation sites is 1. The van der Waals surface area contributed by atoms with E-state index in [1.54, 1.807) is 127 Å². The number of carbonyl (C=O) groups excluding carboxylic acids is 1. The van der Waals surface area contributed by atoms with Gasteiger partial charge in [-0.05, 0) is 332 Å². The molecule has 0 aliphatic carbocycles. The average Bonchev–Trinajstić information content (AvgIpc) is 0.787. The quantitative estimate of drug-likeness (QED) is 0.0334. The number of methoxy groups -OCH3 is 12. The Balaban J connectivity index is 0.000000152. The van der Waals surface area contributed by atoms with Crippen LogP contribution in [0.2, 0.25) is 5.02 Å². The molecule has 4 aliphatic heterocycles. The van der Waals surface area contributed by atoms with E-state index in [-0.39, 0.29) is 42.6 Å². The molecule has 4 unspecified atom stereocenters. The topological polar surface area (TPSA) is 226 Å². The number of aryl methyl sites for hydroxylation is 1. The van der Waals surface area contributed by atoms with Crippen molar-refractivity contribution in [1.82, 2.24) is 19.6 Å². The van der Waals surface area contributed by atoms with E-state index in [4.69, 9.17) is 124 Å². The highest BCUT2D eigenvalue weighted by Crippen LogP contribution is 2.45. The van der Waals surface area contributed by atoms with Crippen LogP contribution < -0.4 is 97.1 Å². The third kappa shape index (κ3) is 25.5. The van der Waals surface area contributed by atoms with Crippen LogP contribution in [-0.2, 0) is 25.7 Å². The lowest BCUT2D eigenvalue weighted by Gasteiger charge is -2.39. The number of benzene rings is 12. The Labute approximate surface area is 809 Å². The summed E-state index contributed by atoms with van der Waals surface area (Å²) in [7, 11) is 19.6. The highest BCUT2D eigenvalue weighted by atomic mass is 35.5. The minimum atomic E-state index is -0.335. The number of amides is 2. The molecule has 25 nitrogen and oxygen atoms in total. The number of carbonyl (C=O) groups is 1. The molecule has 0 spiro atoms. The van der Waals surface area contributed by atoms with Crippen LogP contribution in [0.1, 0.15) is 74.2 Å². The predicted octanol–water partition coefficient (Wildman–Crippen LogP) is 21.3. The number of rotatable bonds is 28. The van der Waals surface area contributed by atoms with Crippen LogP contribution in [0.4, 0.5) is 31.9 Å². The summed E-state index contributed by atoms with van der Waals surface area (Å²) in [6, 6.07) is 76.5. The number of thiocarbonyl (C=S) groups is 3. The monoisotopic (exact) mass is 1910 g/mol. The van der Waals surface area contributed by atoms with Gasteiger partial charge in [-0.2, -0.15) is 0 Å². The zero-order valence-corrected chi connectivity index (χ0v) is 80.9. The number of hydrogen-bond acceptors (Lipinski definition) is 20. The van der Waals surface area contributed by atoms with Gasteiger partial charge in [-0.25, -0.2) is 9.18 Å². The maximum atomic E-state index is 13.7. The maximum Gasteiger partial charge on any atom is 0.322 e. The molecule has 30 heteroatoms. The summed E-state index contributed by atoms with van der Waals surface area (Å²) >= 11 is 23.4. The second-order valence-electron chi connectivity index (χ2n) is 31.4. The van der Waals surface area contributed by atoms with Crippen molar-refractivity contribution in [2.75, 3.05) is 159 Å². The first-order valence-corrected chi connectivity index (χ1v) is 45.3. The van der Waals surface area contributed by atoms with Gasteiger partial charge in [0.1, 0.15) is 78.2 Å². The molecule has 0 bridgehead atoms. The summed E-state index contributed by atoms with van der Waals surface area (Å²) in [6.45, 7) is 6.24. The summed E-state index contributed by atoms with van der Waals surface area (Å²) in [5.41, 5.74) is 13.2. The van der Waals surface area contributed by atoms with Crippen LogP contribution in [0.15, 0.2) is 249 Å². The number of urea groups is 1. The minimum Gasteiger partial charge on any atom is -0.497 e. The Kier molecular flexibility index (Phi) is 35.1. The van der Waals surface area contributed by atoms with Crippen molar-refractivity contribution in [2.24, 2.45) is 0 Å². The van der Waals surface area contributed by atoms with Gasteiger partial charge in [0.25, 0.3) is 0 Å². The molecule has 0 fully saturated rings. The lowest BCUT2D eigenvalue weighted by molar-refractivity contribution is 0.144. The van der Waals surface area contributed by atoms with Crippen molar-refractivity contribution in [3.05, 3.63) is 310 Å². The largest absolute Gasteiger partial charge is 0.497 e. The number of nitrogens with zero attached hydrogens (tertiary/aromatic N) is 4. The number of fused-ring (bicyclic) bond motifs is 4. The number of nitrogens with one attached hydrogen (secondary N) is 4. The first-order valence-electron chi connectivity index (χ1n) is 43.7. The lowest BCUT2D eigenvalue weighted by atomic mass is 9.92. The van der Waals surface area contributed by atoms with Gasteiger partial charge in [0, 0.05) is 54.0 Å². The number of anilines is 4. The Bertz CT molecular complexity index is 5800. The SMILES string of the molecule is COc1ccc(OCC2c3cc(OC)c(OC)cc3CCN2C(=O)Nc2ccc(Cl)cc2)cc1.COc1ccc(OCC2c3cc(OC)c(OC)cc3CCN2C(=S)Nc2cccc(C)c2)cc1.COc1ccc(OCC2c3cc(OC)c(OC)cc3CCN2C(=S)Nc2cccc(F)c2)cc1.COc1ccc(OCC2c3cc(OC)c(OC)cc3CCN2C(=S)Nc2ccccc2)cc1. The normalized spacial score (nSPS) is 14.7. The summed E-state index contributed by atoms with van der Waals surface area (Å²) in [6.07, 6.45) is 3.12. The maximum absolute atomic E-state index is 13.7. The molecular weight excluding hydrogens is 1800 g/mol. The molecule has 12 aromatic rings. The van der Waals surface area contributed by atoms with Crippen molar-refractivity contribution < 1.29 is 85.0 Å². The molecule has 2 amide bonds. The Morgan fingerprint density at radius 2 is 0.570 bits per heavy atom. The molecule has 0 saturated carbocycles. The van der Waals surface area contributed by atoms with Crippen LogP contribution in [0.5, 0.6) is 92.0 Å². The molecule has 0 aromatic heterocycles. The number of hydrogen-bond donors (Lipinski definition) is 4. The van der Waals surface area contributed by atoms with Gasteiger partial charge in [0.15, 0.2) is 61.3 Å². The van der Waals surface area contributed by atoms with E-state index in [1.165, 1.54) is 28.8 Å². The fraction of sp³-hybridized carbons (Fsp3) is 0.276. The van der Waals surface area contributed by atoms with E-state index < -0.39 is 0 Å². The third-order valence-corrected chi connectivity index (χ3v) is 24.7. The van der Waals surface area contributed by atoms with E-state index >= 15 is 0 Å². The smallest absolute Gasteiger partial charge is 0.322 e. The van der Waals surface area contributed by atoms with Crippen LogP contribution in [-0.4, -0.2) is 179 Å². The molecular formula is C105H112ClFN8O17S3. The highest BCUT2D eigenvalue weighted by Gasteiger charge is 2.37.